The first-order chi connectivity index (χ1) is 18.3. The predicted octanol–water partition coefficient (Wildman–Crippen LogP) is 8.92. The Bertz CT molecular complexity index is 2040. The van der Waals surface area contributed by atoms with Crippen LogP contribution in [0.25, 0.3) is 49.7 Å². The lowest BCUT2D eigenvalue weighted by Gasteiger charge is -2.35. The van der Waals surface area contributed by atoms with E-state index in [4.69, 9.17) is 0 Å². The first-order valence-corrected chi connectivity index (χ1v) is 13.3. The molecule has 6 aromatic rings. The van der Waals surface area contributed by atoms with Crippen molar-refractivity contribution in [2.75, 3.05) is 0 Å². The number of benzene rings is 5. The maximum atomic E-state index is 12.9. The summed E-state index contributed by atoms with van der Waals surface area (Å²) >= 11 is 0. The molecule has 0 radical (unpaired) electrons. The summed E-state index contributed by atoms with van der Waals surface area (Å²) in [5.74, 6) is 0.124. The minimum atomic E-state index is -0.158. The van der Waals surface area contributed by atoms with Crippen molar-refractivity contribution in [1.29, 1.82) is 0 Å². The third-order valence-corrected chi connectivity index (χ3v) is 8.80. The number of ketones is 1. The van der Waals surface area contributed by atoms with Crippen molar-refractivity contribution in [2.45, 2.75) is 33.1 Å². The zero-order valence-corrected chi connectivity index (χ0v) is 22.0. The van der Waals surface area contributed by atoms with Crippen LogP contribution in [0.3, 0.4) is 0 Å². The van der Waals surface area contributed by atoms with Gasteiger partial charge in [-0.25, -0.2) is 0 Å². The zero-order valence-electron chi connectivity index (χ0n) is 22.0. The molecule has 0 saturated carbocycles. The minimum Gasteiger partial charge on any atom is -0.309 e. The van der Waals surface area contributed by atoms with Gasteiger partial charge in [0.1, 0.15) is 0 Å². The molecule has 1 aliphatic heterocycles. The molecule has 2 heterocycles. The number of carbonyl (C=O) groups excluding carboxylic acids is 1. The molecule has 0 atom stereocenters. The van der Waals surface area contributed by atoms with E-state index in [2.05, 4.69) is 99.0 Å². The molecule has 1 aliphatic carbocycles. The van der Waals surface area contributed by atoms with Crippen molar-refractivity contribution in [1.82, 2.24) is 4.57 Å². The van der Waals surface area contributed by atoms with Crippen molar-refractivity contribution < 1.29 is 4.79 Å². The molecule has 0 fully saturated rings. The maximum absolute atomic E-state index is 12.9. The van der Waals surface area contributed by atoms with Crippen molar-refractivity contribution in [2.24, 2.45) is 0 Å². The van der Waals surface area contributed by atoms with Gasteiger partial charge in [0.05, 0.1) is 16.7 Å². The van der Waals surface area contributed by atoms with Crippen LogP contribution in [0, 0.1) is 13.8 Å². The Balaban J connectivity index is 1.39. The second kappa shape index (κ2) is 7.11. The molecule has 1 aromatic heterocycles. The highest BCUT2D eigenvalue weighted by atomic mass is 16.1. The van der Waals surface area contributed by atoms with Crippen molar-refractivity contribution in [3.05, 3.63) is 124 Å². The lowest BCUT2D eigenvalue weighted by atomic mass is 9.73. The lowest BCUT2D eigenvalue weighted by molar-refractivity contribution is 0.104. The van der Waals surface area contributed by atoms with Crippen LogP contribution >= 0.6 is 0 Å². The van der Waals surface area contributed by atoms with E-state index >= 15 is 0 Å². The molecule has 2 heteroatoms. The van der Waals surface area contributed by atoms with Gasteiger partial charge in [-0.2, -0.15) is 0 Å². The summed E-state index contributed by atoms with van der Waals surface area (Å²) in [6.45, 7) is 9.09. The molecule has 0 spiro atoms. The molecule has 5 aromatic carbocycles. The van der Waals surface area contributed by atoms with Gasteiger partial charge in [0, 0.05) is 27.3 Å². The largest absolute Gasteiger partial charge is 0.309 e. The second-order valence-electron chi connectivity index (χ2n) is 11.6. The Hall–Kier alpha value is -4.43. The van der Waals surface area contributed by atoms with E-state index in [9.17, 15) is 4.79 Å². The Kier molecular flexibility index (Phi) is 4.05. The van der Waals surface area contributed by atoms with Gasteiger partial charge in [0.25, 0.3) is 0 Å². The Labute approximate surface area is 222 Å². The summed E-state index contributed by atoms with van der Waals surface area (Å²) in [6.07, 6.45) is 0. The molecule has 2 aliphatic rings. The molecule has 0 amide bonds. The van der Waals surface area contributed by atoms with Crippen molar-refractivity contribution in [3.63, 3.8) is 0 Å². The van der Waals surface area contributed by atoms with Crippen molar-refractivity contribution in [3.8, 4) is 27.9 Å². The molecule has 38 heavy (non-hydrogen) atoms. The lowest BCUT2D eigenvalue weighted by Crippen LogP contribution is -2.26. The molecule has 182 valence electrons. The number of aryl methyl sites for hydroxylation is 2. The van der Waals surface area contributed by atoms with Crippen LogP contribution in [0.1, 0.15) is 52.0 Å². The van der Waals surface area contributed by atoms with E-state index in [1.807, 2.05) is 24.3 Å². The number of carbonyl (C=O) groups is 1. The van der Waals surface area contributed by atoms with Crippen LogP contribution < -0.4 is 0 Å². The van der Waals surface area contributed by atoms with Gasteiger partial charge in [0.2, 0.25) is 0 Å². The van der Waals surface area contributed by atoms with E-state index in [-0.39, 0.29) is 11.2 Å². The first kappa shape index (κ1) is 21.6. The summed E-state index contributed by atoms with van der Waals surface area (Å²) in [7, 11) is 0. The highest BCUT2D eigenvalue weighted by molar-refractivity contribution is 6.22. The summed E-state index contributed by atoms with van der Waals surface area (Å²) in [6, 6.07) is 32.7. The van der Waals surface area contributed by atoms with Gasteiger partial charge >= 0.3 is 0 Å². The quantitative estimate of drug-likeness (QED) is 0.226. The van der Waals surface area contributed by atoms with Gasteiger partial charge in [-0.05, 0) is 89.7 Å². The molecular formula is C36H27NO. The van der Waals surface area contributed by atoms with Gasteiger partial charge in [-0.15, -0.1) is 0 Å². The van der Waals surface area contributed by atoms with Crippen LogP contribution in [-0.2, 0) is 5.41 Å². The molecular weight excluding hydrogens is 462 g/mol. The van der Waals surface area contributed by atoms with Crippen LogP contribution in [0.5, 0.6) is 0 Å². The average Bonchev–Trinajstić information content (AvgIpc) is 3.39. The minimum absolute atomic E-state index is 0.124. The topological polar surface area (TPSA) is 22.0 Å². The fraction of sp³-hybridized carbons (Fsp3) is 0.139. The normalized spacial score (nSPS) is 14.6. The van der Waals surface area contributed by atoms with E-state index in [1.165, 1.54) is 55.3 Å². The number of nitrogens with zero attached hydrogens (tertiary/aromatic N) is 1. The van der Waals surface area contributed by atoms with Gasteiger partial charge < -0.3 is 4.57 Å². The third kappa shape index (κ3) is 2.65. The molecule has 0 unspecified atom stereocenters. The number of fused-ring (bicyclic) bond motifs is 8. The SMILES string of the molecule is Cc1ccc2c(c1)c1cc(C)cc3c1n2-c1ccc(-c2ccc4c(c2)-c2ccccc2C4=O)cc1C3(C)C. The third-order valence-electron chi connectivity index (χ3n) is 8.80. The number of hydrogen-bond acceptors (Lipinski definition) is 1. The molecule has 2 nitrogen and oxygen atoms in total. The zero-order chi connectivity index (χ0) is 25.9. The first-order valence-electron chi connectivity index (χ1n) is 13.3. The Morgan fingerprint density at radius 3 is 2.16 bits per heavy atom. The standard InChI is InChI=1S/C36H27NO/c1-20-9-13-32-28(15-20)29-16-21(2)17-31-34(29)37(32)33-14-11-23(19-30(33)36(31,3)4)22-10-12-26-27(18-22)24-7-5-6-8-25(24)35(26)38/h5-19H,1-4H3. The van der Waals surface area contributed by atoms with E-state index in [0.717, 1.165) is 27.8 Å². The summed E-state index contributed by atoms with van der Waals surface area (Å²) in [5, 5.41) is 2.66. The van der Waals surface area contributed by atoms with E-state index < -0.39 is 0 Å². The average molecular weight is 490 g/mol. The van der Waals surface area contributed by atoms with Crippen molar-refractivity contribution >= 4 is 27.6 Å². The van der Waals surface area contributed by atoms with Gasteiger partial charge in [-0.1, -0.05) is 73.5 Å². The second-order valence-corrected chi connectivity index (χ2v) is 11.6. The number of aromatic nitrogens is 1. The van der Waals surface area contributed by atoms with E-state index in [0.29, 0.717) is 0 Å². The summed E-state index contributed by atoms with van der Waals surface area (Å²) in [5.41, 5.74) is 14.9. The highest BCUT2D eigenvalue weighted by Crippen LogP contribution is 2.49. The van der Waals surface area contributed by atoms with Gasteiger partial charge in [0.15, 0.2) is 5.78 Å². The fourth-order valence-electron chi connectivity index (χ4n) is 6.89. The summed E-state index contributed by atoms with van der Waals surface area (Å²) < 4.78 is 2.47. The Morgan fingerprint density at radius 2 is 1.32 bits per heavy atom. The molecule has 8 rings (SSSR count). The predicted molar refractivity (Wildman–Crippen MR) is 157 cm³/mol. The van der Waals surface area contributed by atoms with Crippen LogP contribution in [0.4, 0.5) is 0 Å². The summed E-state index contributed by atoms with van der Waals surface area (Å²) in [4.78, 5) is 12.9. The van der Waals surface area contributed by atoms with Crippen LogP contribution in [0.2, 0.25) is 0 Å². The smallest absolute Gasteiger partial charge is 0.194 e. The fourth-order valence-corrected chi connectivity index (χ4v) is 6.89. The highest BCUT2D eigenvalue weighted by Gasteiger charge is 2.36. The Morgan fingerprint density at radius 1 is 0.605 bits per heavy atom. The van der Waals surface area contributed by atoms with Crippen LogP contribution in [-0.4, -0.2) is 10.4 Å². The molecule has 0 bridgehead atoms. The number of rotatable bonds is 1. The number of hydrogen-bond donors (Lipinski definition) is 0. The van der Waals surface area contributed by atoms with Crippen LogP contribution in [0.15, 0.2) is 91.0 Å². The molecule has 0 saturated heterocycles. The monoisotopic (exact) mass is 489 g/mol. The maximum Gasteiger partial charge on any atom is 0.194 e. The van der Waals surface area contributed by atoms with Gasteiger partial charge in [-0.3, -0.25) is 4.79 Å². The van der Waals surface area contributed by atoms with E-state index in [1.54, 1.807) is 0 Å². The molecule has 0 N–H and O–H groups in total.